The fraction of sp³-hybridized carbons (Fsp3) is 0.667. The Morgan fingerprint density at radius 2 is 1.14 bits per heavy atom. The van der Waals surface area contributed by atoms with Crippen LogP contribution in [0.2, 0.25) is 5.28 Å². The van der Waals surface area contributed by atoms with Crippen molar-refractivity contribution in [1.29, 1.82) is 0 Å². The maximum Gasteiger partial charge on any atom is 0.316 e. The summed E-state index contributed by atoms with van der Waals surface area (Å²) in [6.07, 6.45) is 13.6. The Kier molecular flexibility index (Phi) is 9.59. The minimum atomic E-state index is -0.322. The number of halogens is 1. The van der Waals surface area contributed by atoms with Crippen LogP contribution in [0.3, 0.4) is 0 Å². The van der Waals surface area contributed by atoms with Crippen LogP contribution in [0.4, 0.5) is 0 Å². The molecule has 0 atom stereocenters. The van der Waals surface area contributed by atoms with Crippen LogP contribution in [0.25, 0.3) is 0 Å². The van der Waals surface area contributed by atoms with Crippen molar-refractivity contribution in [3.8, 4) is 6.01 Å². The van der Waals surface area contributed by atoms with E-state index in [9.17, 15) is 5.11 Å². The maximum absolute atomic E-state index is 9.24. The average molecular weight is 509 g/mol. The van der Waals surface area contributed by atoms with Gasteiger partial charge in [-0.25, -0.2) is 19.9 Å². The van der Waals surface area contributed by atoms with Crippen LogP contribution in [0, 0.1) is 0 Å². The molecule has 0 radical (unpaired) electrons. The first kappa shape index (κ1) is 26.1. The van der Waals surface area contributed by atoms with Gasteiger partial charge < -0.3 is 28.8 Å². The minimum Gasteiger partial charge on any atom is -0.460 e. The van der Waals surface area contributed by atoms with Crippen molar-refractivity contribution in [2.45, 2.75) is 75.1 Å². The highest BCUT2D eigenvalue weighted by Crippen LogP contribution is 2.37. The van der Waals surface area contributed by atoms with Gasteiger partial charge in [-0.2, -0.15) is 0 Å². The Bertz CT molecular complexity index is 849. The molecular weight excluding hydrogens is 476 g/mol. The second kappa shape index (κ2) is 12.8. The second-order valence-electron chi connectivity index (χ2n) is 8.81. The van der Waals surface area contributed by atoms with Crippen molar-refractivity contribution in [3.05, 3.63) is 42.2 Å². The van der Waals surface area contributed by atoms with Gasteiger partial charge >= 0.3 is 6.01 Å². The highest BCUT2D eigenvalue weighted by Gasteiger charge is 2.41. The molecule has 11 heteroatoms. The quantitative estimate of drug-likeness (QED) is 0.605. The van der Waals surface area contributed by atoms with E-state index in [-0.39, 0.29) is 23.8 Å². The van der Waals surface area contributed by atoms with Crippen molar-refractivity contribution in [3.63, 3.8) is 0 Å². The number of hydrogen-bond acceptors (Lipinski definition) is 10. The molecule has 4 fully saturated rings. The van der Waals surface area contributed by atoms with Gasteiger partial charge in [0.25, 0.3) is 0 Å². The SMILES string of the molecule is Clc1ncccn1.OC1CCC2(CC1)OCCO2.c1cnc(OC2CCC3(CC2)OCCO3)nc1. The Hall–Kier alpha value is -1.95. The van der Waals surface area contributed by atoms with Gasteiger partial charge in [-0.15, -0.1) is 0 Å². The molecule has 2 spiro atoms. The molecule has 2 saturated heterocycles. The van der Waals surface area contributed by atoms with E-state index in [1.807, 2.05) is 0 Å². The summed E-state index contributed by atoms with van der Waals surface area (Å²) in [5.41, 5.74) is 0. The zero-order valence-electron chi connectivity index (χ0n) is 19.8. The number of nitrogens with zero attached hydrogens (tertiary/aromatic N) is 4. The third-order valence-corrected chi connectivity index (χ3v) is 6.58. The van der Waals surface area contributed by atoms with Crippen LogP contribution in [-0.2, 0) is 18.9 Å². The van der Waals surface area contributed by atoms with Crippen LogP contribution in [0.5, 0.6) is 6.01 Å². The van der Waals surface area contributed by atoms with Crippen molar-refractivity contribution >= 4 is 11.6 Å². The number of rotatable bonds is 2. The topological polar surface area (TPSA) is 118 Å². The lowest BCUT2D eigenvalue weighted by Gasteiger charge is -2.34. The summed E-state index contributed by atoms with van der Waals surface area (Å²) in [5, 5.41) is 9.54. The Balaban J connectivity index is 0.000000137. The molecule has 6 rings (SSSR count). The summed E-state index contributed by atoms with van der Waals surface area (Å²) in [7, 11) is 0. The molecule has 10 nitrogen and oxygen atoms in total. The lowest BCUT2D eigenvalue weighted by Crippen LogP contribution is -2.38. The molecule has 4 aliphatic rings. The zero-order valence-corrected chi connectivity index (χ0v) is 20.5. The standard InChI is InChI=1S/C12H16N2O3.C8H14O3.C4H3ClN2/c1-6-13-11(14-7-1)17-10-2-4-12(5-3-10)15-8-9-16-12;9-7-1-3-8(4-2-7)10-5-6-11-8;5-4-6-2-1-3-7-4/h1,6-7,10H,2-5,8-9H2;7,9H,1-6H2;1-3H. The average Bonchev–Trinajstić information content (AvgIpc) is 3.55. The smallest absolute Gasteiger partial charge is 0.316 e. The first-order valence-electron chi connectivity index (χ1n) is 12.2. The summed E-state index contributed by atoms with van der Waals surface area (Å²) < 4.78 is 28.1. The Labute approximate surface area is 210 Å². The molecule has 35 heavy (non-hydrogen) atoms. The van der Waals surface area contributed by atoms with Gasteiger partial charge in [0.15, 0.2) is 11.6 Å². The molecule has 2 aromatic heterocycles. The summed E-state index contributed by atoms with van der Waals surface area (Å²) in [6, 6.07) is 3.95. The molecular formula is C24H33ClN4O6. The number of ether oxygens (including phenoxy) is 5. The first-order chi connectivity index (χ1) is 17.1. The van der Waals surface area contributed by atoms with E-state index in [2.05, 4.69) is 19.9 Å². The summed E-state index contributed by atoms with van der Waals surface area (Å²) in [4.78, 5) is 15.4. The zero-order chi connectivity index (χ0) is 24.4. The maximum atomic E-state index is 9.24. The monoisotopic (exact) mass is 508 g/mol. The van der Waals surface area contributed by atoms with Crippen molar-refractivity contribution in [2.24, 2.45) is 0 Å². The van der Waals surface area contributed by atoms with E-state index in [1.54, 1.807) is 36.9 Å². The summed E-state index contributed by atoms with van der Waals surface area (Å²) in [5.74, 6) is -0.628. The molecule has 0 unspecified atom stereocenters. The van der Waals surface area contributed by atoms with Crippen molar-refractivity contribution in [2.75, 3.05) is 26.4 Å². The largest absolute Gasteiger partial charge is 0.460 e. The first-order valence-corrected chi connectivity index (χ1v) is 12.5. The lowest BCUT2D eigenvalue weighted by atomic mass is 9.92. The fourth-order valence-corrected chi connectivity index (χ4v) is 4.65. The molecule has 2 aliphatic heterocycles. The number of hydrogen-bond donors (Lipinski definition) is 1. The van der Waals surface area contributed by atoms with Gasteiger partial charge in [0.05, 0.1) is 32.5 Å². The van der Waals surface area contributed by atoms with Gasteiger partial charge in [0, 0.05) is 50.5 Å². The molecule has 2 aliphatic carbocycles. The van der Waals surface area contributed by atoms with Crippen LogP contribution >= 0.6 is 11.6 Å². The molecule has 1 N–H and O–H groups in total. The predicted octanol–water partition coefficient (Wildman–Crippen LogP) is 3.34. The number of aliphatic hydroxyl groups excluding tert-OH is 1. The van der Waals surface area contributed by atoms with Crippen molar-refractivity contribution < 1.29 is 28.8 Å². The van der Waals surface area contributed by atoms with Gasteiger partial charge in [0.2, 0.25) is 5.28 Å². The summed E-state index contributed by atoms with van der Waals surface area (Å²) in [6.45, 7) is 2.87. The van der Waals surface area contributed by atoms with E-state index in [0.29, 0.717) is 24.5 Å². The van der Waals surface area contributed by atoms with Crippen LogP contribution in [0.1, 0.15) is 51.4 Å². The van der Waals surface area contributed by atoms with Gasteiger partial charge in [-0.1, -0.05) is 0 Å². The third-order valence-electron chi connectivity index (χ3n) is 6.39. The molecule has 0 bridgehead atoms. The molecule has 192 valence electrons. The predicted molar refractivity (Wildman–Crippen MR) is 126 cm³/mol. The van der Waals surface area contributed by atoms with E-state index in [4.69, 9.17) is 35.3 Å². The van der Waals surface area contributed by atoms with E-state index in [0.717, 1.165) is 64.6 Å². The van der Waals surface area contributed by atoms with E-state index < -0.39 is 0 Å². The Morgan fingerprint density at radius 1 is 0.714 bits per heavy atom. The molecule has 0 amide bonds. The highest BCUT2D eigenvalue weighted by molar-refractivity contribution is 6.28. The normalized spacial score (nSPS) is 24.8. The second-order valence-corrected chi connectivity index (χ2v) is 9.15. The molecule has 0 aromatic carbocycles. The van der Waals surface area contributed by atoms with Gasteiger partial charge in [-0.3, -0.25) is 0 Å². The van der Waals surface area contributed by atoms with Crippen LogP contribution in [0.15, 0.2) is 36.9 Å². The summed E-state index contributed by atoms with van der Waals surface area (Å²) >= 11 is 5.32. The highest BCUT2D eigenvalue weighted by atomic mass is 35.5. The minimum absolute atomic E-state index is 0.131. The van der Waals surface area contributed by atoms with E-state index >= 15 is 0 Å². The molecule has 2 saturated carbocycles. The van der Waals surface area contributed by atoms with Crippen LogP contribution < -0.4 is 4.74 Å². The van der Waals surface area contributed by atoms with Gasteiger partial charge in [0.1, 0.15) is 6.10 Å². The lowest BCUT2D eigenvalue weighted by molar-refractivity contribution is -0.187. The van der Waals surface area contributed by atoms with Crippen LogP contribution in [-0.4, -0.2) is 75.3 Å². The Morgan fingerprint density at radius 3 is 1.57 bits per heavy atom. The van der Waals surface area contributed by atoms with Gasteiger partial charge in [-0.05, 0) is 49.4 Å². The molecule has 2 aromatic rings. The van der Waals surface area contributed by atoms with Crippen molar-refractivity contribution in [1.82, 2.24) is 19.9 Å². The number of aliphatic hydroxyl groups is 1. The fourth-order valence-electron chi connectivity index (χ4n) is 4.54. The molecule has 4 heterocycles. The third kappa shape index (κ3) is 8.03. The number of aromatic nitrogens is 4. The van der Waals surface area contributed by atoms with E-state index in [1.165, 1.54) is 0 Å².